The van der Waals surface area contributed by atoms with Crippen molar-refractivity contribution < 1.29 is 9.72 Å². The van der Waals surface area contributed by atoms with Gasteiger partial charge in [0.2, 0.25) is 0 Å². The van der Waals surface area contributed by atoms with E-state index in [0.29, 0.717) is 0 Å². The Morgan fingerprint density at radius 1 is 1.73 bits per heavy atom. The number of carbonyl (C=O) groups is 1. The number of hydrogen-bond donors (Lipinski definition) is 0. The van der Waals surface area contributed by atoms with Crippen molar-refractivity contribution in [2.75, 3.05) is 0 Å². The van der Waals surface area contributed by atoms with Gasteiger partial charge in [0.1, 0.15) is 5.56 Å². The van der Waals surface area contributed by atoms with Crippen LogP contribution in [0.3, 0.4) is 0 Å². The molecule has 5 heteroatoms. The van der Waals surface area contributed by atoms with Gasteiger partial charge in [-0.2, -0.15) is 0 Å². The van der Waals surface area contributed by atoms with Crippen LogP contribution in [0.5, 0.6) is 0 Å². The van der Waals surface area contributed by atoms with Gasteiger partial charge in [0.15, 0.2) is 5.78 Å². The Kier molecular flexibility index (Phi) is 2.00. The fourth-order valence-corrected chi connectivity index (χ4v) is 1.47. The number of Topliss-reactive ketones (excluding diaryl/α,β-unsaturated/α-hetero) is 1. The molecule has 4 nitrogen and oxygen atoms in total. The van der Waals surface area contributed by atoms with Crippen molar-refractivity contribution in [3.8, 4) is 0 Å². The van der Waals surface area contributed by atoms with Crippen molar-refractivity contribution in [3.63, 3.8) is 0 Å². The molecule has 1 rings (SSSR count). The third-order valence-electron chi connectivity index (χ3n) is 1.19. The Balaban J connectivity index is 3.16. The molecule has 0 atom stereocenters. The molecule has 0 aliphatic rings. The maximum atomic E-state index is 10.7. The van der Waals surface area contributed by atoms with Crippen molar-refractivity contribution in [2.45, 2.75) is 6.92 Å². The van der Waals surface area contributed by atoms with Gasteiger partial charge >= 0.3 is 5.00 Å². The second kappa shape index (κ2) is 2.79. The molecule has 1 aromatic heterocycles. The van der Waals surface area contributed by atoms with Crippen LogP contribution < -0.4 is 0 Å². The monoisotopic (exact) mass is 171 g/mol. The zero-order valence-electron chi connectivity index (χ0n) is 5.73. The van der Waals surface area contributed by atoms with Crippen LogP contribution in [0.2, 0.25) is 0 Å². The summed E-state index contributed by atoms with van der Waals surface area (Å²) in [5, 5.41) is 11.7. The Morgan fingerprint density at radius 3 is 2.73 bits per heavy atom. The number of hydrogen-bond acceptors (Lipinski definition) is 4. The Labute approximate surface area is 66.6 Å². The highest BCUT2D eigenvalue weighted by Crippen LogP contribution is 2.25. The van der Waals surface area contributed by atoms with E-state index in [-0.39, 0.29) is 16.3 Å². The van der Waals surface area contributed by atoms with Gasteiger partial charge in [-0.05, 0) is 18.4 Å². The van der Waals surface area contributed by atoms with Crippen molar-refractivity contribution >= 4 is 22.1 Å². The molecular weight excluding hydrogens is 166 g/mol. The molecule has 0 bridgehead atoms. The number of rotatable bonds is 2. The van der Waals surface area contributed by atoms with Crippen molar-refractivity contribution in [1.29, 1.82) is 0 Å². The maximum Gasteiger partial charge on any atom is 0.334 e. The molecule has 0 N–H and O–H groups in total. The second-order valence-corrected chi connectivity index (χ2v) is 2.85. The van der Waals surface area contributed by atoms with Crippen LogP contribution in [0, 0.1) is 10.1 Å². The first-order chi connectivity index (χ1) is 5.13. The van der Waals surface area contributed by atoms with Crippen LogP contribution in [0.1, 0.15) is 17.3 Å². The van der Waals surface area contributed by atoms with E-state index >= 15 is 0 Å². The smallest absolute Gasteiger partial charge is 0.294 e. The summed E-state index contributed by atoms with van der Waals surface area (Å²) in [5.41, 5.74) is 0.194. The second-order valence-electron chi connectivity index (χ2n) is 1.95. The number of nitrogens with zero attached hydrogens (tertiary/aromatic N) is 1. The predicted molar refractivity (Wildman–Crippen MR) is 41.0 cm³/mol. The molecule has 0 aliphatic heterocycles. The third kappa shape index (κ3) is 1.43. The minimum Gasteiger partial charge on any atom is -0.294 e. The minimum absolute atomic E-state index is 0.0718. The summed E-state index contributed by atoms with van der Waals surface area (Å²) in [6.45, 7) is 1.31. The minimum atomic E-state index is -0.540. The van der Waals surface area contributed by atoms with Crippen LogP contribution in [0.25, 0.3) is 0 Å². The summed E-state index contributed by atoms with van der Waals surface area (Å²) in [7, 11) is 0. The molecule has 11 heavy (non-hydrogen) atoms. The first-order valence-corrected chi connectivity index (χ1v) is 3.73. The molecule has 0 radical (unpaired) electrons. The van der Waals surface area contributed by atoms with Gasteiger partial charge in [-0.1, -0.05) is 11.3 Å². The highest BCUT2D eigenvalue weighted by Gasteiger charge is 2.17. The average Bonchev–Trinajstić information content (AvgIpc) is 2.32. The van der Waals surface area contributed by atoms with E-state index in [1.165, 1.54) is 18.4 Å². The normalized spacial score (nSPS) is 9.55. The van der Waals surface area contributed by atoms with E-state index in [1.54, 1.807) is 0 Å². The largest absolute Gasteiger partial charge is 0.334 e. The highest BCUT2D eigenvalue weighted by atomic mass is 32.1. The van der Waals surface area contributed by atoms with E-state index < -0.39 is 4.92 Å². The van der Waals surface area contributed by atoms with Crippen LogP contribution in [0.4, 0.5) is 5.00 Å². The Morgan fingerprint density at radius 2 is 2.36 bits per heavy atom. The fraction of sp³-hybridized carbons (Fsp3) is 0.167. The number of thiophene rings is 1. The Hall–Kier alpha value is -1.23. The molecular formula is C6H5NO3S. The SMILES string of the molecule is CC(=O)c1ccsc1[N+](=O)[O-]. The first kappa shape index (κ1) is 7.87. The van der Waals surface area contributed by atoms with E-state index in [9.17, 15) is 14.9 Å². The molecule has 0 aliphatic carbocycles. The molecule has 1 aromatic rings. The topological polar surface area (TPSA) is 60.2 Å². The fourth-order valence-electron chi connectivity index (χ4n) is 0.711. The van der Waals surface area contributed by atoms with Crippen LogP contribution >= 0.6 is 11.3 Å². The molecule has 0 fully saturated rings. The van der Waals surface area contributed by atoms with Crippen molar-refractivity contribution in [3.05, 3.63) is 27.1 Å². The summed E-state index contributed by atoms with van der Waals surface area (Å²) in [6.07, 6.45) is 0. The van der Waals surface area contributed by atoms with Gasteiger partial charge < -0.3 is 0 Å². The summed E-state index contributed by atoms with van der Waals surface area (Å²) in [5.74, 6) is -0.266. The average molecular weight is 171 g/mol. The molecule has 0 unspecified atom stereocenters. The molecule has 0 saturated heterocycles. The lowest BCUT2D eigenvalue weighted by Gasteiger charge is -1.87. The Bertz CT molecular complexity index is 276. The number of nitro groups is 1. The van der Waals surface area contributed by atoms with E-state index in [2.05, 4.69) is 0 Å². The zero-order valence-corrected chi connectivity index (χ0v) is 6.55. The summed E-state index contributed by atoms with van der Waals surface area (Å²) in [4.78, 5) is 20.4. The lowest BCUT2D eigenvalue weighted by atomic mass is 10.2. The van der Waals surface area contributed by atoms with Gasteiger partial charge in [-0.3, -0.25) is 14.9 Å². The van der Waals surface area contributed by atoms with Gasteiger partial charge in [0, 0.05) is 0 Å². The molecule has 0 saturated carbocycles. The van der Waals surface area contributed by atoms with Crippen LogP contribution in [-0.2, 0) is 0 Å². The molecule has 1 heterocycles. The maximum absolute atomic E-state index is 10.7. The zero-order chi connectivity index (χ0) is 8.43. The quantitative estimate of drug-likeness (QED) is 0.387. The number of ketones is 1. The summed E-state index contributed by atoms with van der Waals surface area (Å²) < 4.78 is 0. The van der Waals surface area contributed by atoms with Crippen LogP contribution in [0.15, 0.2) is 11.4 Å². The highest BCUT2D eigenvalue weighted by molar-refractivity contribution is 7.13. The third-order valence-corrected chi connectivity index (χ3v) is 2.05. The lowest BCUT2D eigenvalue weighted by Crippen LogP contribution is -1.94. The van der Waals surface area contributed by atoms with Gasteiger partial charge in [0.25, 0.3) is 0 Å². The van der Waals surface area contributed by atoms with Crippen LogP contribution in [-0.4, -0.2) is 10.7 Å². The lowest BCUT2D eigenvalue weighted by molar-refractivity contribution is -0.380. The summed E-state index contributed by atoms with van der Waals surface area (Å²) in [6, 6.07) is 1.46. The van der Waals surface area contributed by atoms with E-state index in [1.807, 2.05) is 0 Å². The van der Waals surface area contributed by atoms with E-state index in [0.717, 1.165) is 11.3 Å². The molecule has 0 aromatic carbocycles. The molecule has 58 valence electrons. The summed E-state index contributed by atoms with van der Waals surface area (Å²) >= 11 is 0.966. The first-order valence-electron chi connectivity index (χ1n) is 2.85. The van der Waals surface area contributed by atoms with Crippen molar-refractivity contribution in [1.82, 2.24) is 0 Å². The molecule has 0 amide bonds. The number of carbonyl (C=O) groups excluding carboxylic acids is 1. The van der Waals surface area contributed by atoms with Gasteiger partial charge in [-0.25, -0.2) is 0 Å². The predicted octanol–water partition coefficient (Wildman–Crippen LogP) is 1.86. The van der Waals surface area contributed by atoms with Crippen molar-refractivity contribution in [2.24, 2.45) is 0 Å². The van der Waals surface area contributed by atoms with Gasteiger partial charge in [0.05, 0.1) is 4.92 Å². The van der Waals surface area contributed by atoms with Gasteiger partial charge in [-0.15, -0.1) is 0 Å². The standard InChI is InChI=1S/C6H5NO3S/c1-4(8)5-2-3-11-6(5)7(9)10/h2-3H,1H3. The van der Waals surface area contributed by atoms with E-state index in [4.69, 9.17) is 0 Å². The molecule has 0 spiro atoms.